The van der Waals surface area contributed by atoms with Crippen LogP contribution in [0, 0.1) is 23.5 Å². The first-order valence-electron chi connectivity index (χ1n) is 5.79. The first-order valence-corrected chi connectivity index (χ1v) is 5.79. The van der Waals surface area contributed by atoms with Crippen LogP contribution in [0.3, 0.4) is 0 Å². The number of hydrogen-bond donors (Lipinski definition) is 1. The van der Waals surface area contributed by atoms with Gasteiger partial charge >= 0.3 is 0 Å². The zero-order chi connectivity index (χ0) is 11.7. The monoisotopic (exact) mass is 225 g/mol. The van der Waals surface area contributed by atoms with Gasteiger partial charge in [-0.2, -0.15) is 0 Å². The van der Waals surface area contributed by atoms with Crippen molar-refractivity contribution in [1.82, 2.24) is 0 Å². The summed E-state index contributed by atoms with van der Waals surface area (Å²) in [5, 5.41) is 3.30. The van der Waals surface area contributed by atoms with Gasteiger partial charge in [0.15, 0.2) is 11.6 Å². The highest BCUT2D eigenvalue weighted by molar-refractivity contribution is 5.44. The summed E-state index contributed by atoms with van der Waals surface area (Å²) in [6, 6.07) is 4.36. The molecule has 0 spiro atoms. The van der Waals surface area contributed by atoms with E-state index < -0.39 is 11.6 Å². The Hall–Kier alpha value is -1.12. The molecule has 0 aromatic heterocycles. The maximum atomic E-state index is 13.0. The molecule has 0 saturated heterocycles. The highest BCUT2D eigenvalue weighted by Crippen LogP contribution is 2.37. The molecule has 2 rings (SSSR count). The van der Waals surface area contributed by atoms with Gasteiger partial charge in [-0.3, -0.25) is 0 Å². The number of benzene rings is 1. The van der Waals surface area contributed by atoms with Crippen molar-refractivity contribution >= 4 is 5.69 Å². The normalized spacial score (nSPS) is 17.6. The predicted octanol–water partition coefficient (Wildman–Crippen LogP) is 3.81. The predicted molar refractivity (Wildman–Crippen MR) is 61.3 cm³/mol. The molecule has 0 aliphatic heterocycles. The SMILES string of the molecule is CC(C)C(Nc1ccc(F)c(F)c1)C1CC1. The molecule has 0 bridgehead atoms. The second-order valence-electron chi connectivity index (χ2n) is 4.88. The second-order valence-corrected chi connectivity index (χ2v) is 4.88. The first kappa shape index (κ1) is 11.4. The molecule has 1 unspecified atom stereocenters. The zero-order valence-corrected chi connectivity index (χ0v) is 9.63. The summed E-state index contributed by atoms with van der Waals surface area (Å²) in [4.78, 5) is 0. The molecule has 1 aliphatic rings. The van der Waals surface area contributed by atoms with Crippen molar-refractivity contribution in [2.45, 2.75) is 32.7 Å². The van der Waals surface area contributed by atoms with Crippen LogP contribution in [-0.2, 0) is 0 Å². The molecule has 1 aromatic carbocycles. The van der Waals surface area contributed by atoms with Crippen molar-refractivity contribution in [2.24, 2.45) is 11.8 Å². The Kier molecular flexibility index (Phi) is 3.13. The van der Waals surface area contributed by atoms with Crippen molar-refractivity contribution in [3.8, 4) is 0 Å². The van der Waals surface area contributed by atoms with Crippen molar-refractivity contribution in [3.63, 3.8) is 0 Å². The molecule has 1 N–H and O–H groups in total. The minimum absolute atomic E-state index is 0.366. The van der Waals surface area contributed by atoms with Crippen molar-refractivity contribution in [3.05, 3.63) is 29.8 Å². The van der Waals surface area contributed by atoms with Gasteiger partial charge in [0.05, 0.1) is 0 Å². The van der Waals surface area contributed by atoms with Gasteiger partial charge in [-0.05, 0) is 36.8 Å². The van der Waals surface area contributed by atoms with Gasteiger partial charge in [0.1, 0.15) is 0 Å². The second kappa shape index (κ2) is 4.40. The fraction of sp³-hybridized carbons (Fsp3) is 0.538. The van der Waals surface area contributed by atoms with Gasteiger partial charge in [-0.25, -0.2) is 8.78 Å². The van der Waals surface area contributed by atoms with Crippen LogP contribution in [0.1, 0.15) is 26.7 Å². The van der Waals surface area contributed by atoms with Crippen molar-refractivity contribution in [2.75, 3.05) is 5.32 Å². The average molecular weight is 225 g/mol. The Morgan fingerprint density at radius 1 is 1.19 bits per heavy atom. The van der Waals surface area contributed by atoms with Crippen molar-refractivity contribution < 1.29 is 8.78 Å². The van der Waals surface area contributed by atoms with E-state index in [1.807, 2.05) is 0 Å². The van der Waals surface area contributed by atoms with Crippen LogP contribution >= 0.6 is 0 Å². The Morgan fingerprint density at radius 2 is 1.88 bits per heavy atom. The topological polar surface area (TPSA) is 12.0 Å². The molecular weight excluding hydrogens is 208 g/mol. The lowest BCUT2D eigenvalue weighted by Crippen LogP contribution is -2.27. The van der Waals surface area contributed by atoms with Crippen LogP contribution in [0.25, 0.3) is 0 Å². The molecule has 1 saturated carbocycles. The van der Waals surface area contributed by atoms with Gasteiger partial charge in [0, 0.05) is 17.8 Å². The summed E-state index contributed by atoms with van der Waals surface area (Å²) < 4.78 is 25.8. The quantitative estimate of drug-likeness (QED) is 0.821. The molecule has 88 valence electrons. The minimum Gasteiger partial charge on any atom is -0.382 e. The van der Waals surface area contributed by atoms with Gasteiger partial charge in [-0.15, -0.1) is 0 Å². The molecule has 1 aromatic rings. The van der Waals surface area contributed by atoms with E-state index in [1.165, 1.54) is 25.0 Å². The summed E-state index contributed by atoms with van der Waals surface area (Å²) in [7, 11) is 0. The Balaban J connectivity index is 2.09. The fourth-order valence-corrected chi connectivity index (χ4v) is 2.06. The molecule has 1 fully saturated rings. The fourth-order valence-electron chi connectivity index (χ4n) is 2.06. The van der Waals surface area contributed by atoms with Gasteiger partial charge in [0.2, 0.25) is 0 Å². The van der Waals surface area contributed by atoms with E-state index in [0.717, 1.165) is 0 Å². The van der Waals surface area contributed by atoms with Crippen LogP contribution < -0.4 is 5.32 Å². The number of nitrogens with one attached hydrogen (secondary N) is 1. The summed E-state index contributed by atoms with van der Waals surface area (Å²) in [6.45, 7) is 4.30. The molecule has 1 nitrogen and oxygen atoms in total. The Morgan fingerprint density at radius 3 is 2.38 bits per heavy atom. The lowest BCUT2D eigenvalue weighted by molar-refractivity contribution is 0.475. The number of anilines is 1. The van der Waals surface area contributed by atoms with E-state index >= 15 is 0 Å². The third kappa shape index (κ3) is 2.52. The molecule has 0 heterocycles. The van der Waals surface area contributed by atoms with Gasteiger partial charge in [0.25, 0.3) is 0 Å². The standard InChI is InChI=1S/C13H17F2N/c1-8(2)13(9-3-4-9)16-10-5-6-11(14)12(15)7-10/h5-9,13,16H,3-4H2,1-2H3. The molecule has 0 amide bonds. The first-order chi connectivity index (χ1) is 7.58. The van der Waals surface area contributed by atoms with Gasteiger partial charge < -0.3 is 5.32 Å². The number of halogens is 2. The molecule has 1 aliphatic carbocycles. The minimum atomic E-state index is -0.793. The van der Waals surface area contributed by atoms with Crippen LogP contribution in [0.4, 0.5) is 14.5 Å². The number of rotatable bonds is 4. The summed E-state index contributed by atoms with van der Waals surface area (Å²) in [5.74, 6) is -0.393. The van der Waals surface area contributed by atoms with Gasteiger partial charge in [-0.1, -0.05) is 13.8 Å². The summed E-state index contributed by atoms with van der Waals surface area (Å²) >= 11 is 0. The maximum absolute atomic E-state index is 13.0. The van der Waals surface area contributed by atoms with Crippen LogP contribution in [0.15, 0.2) is 18.2 Å². The third-order valence-corrected chi connectivity index (χ3v) is 3.10. The lowest BCUT2D eigenvalue weighted by Gasteiger charge is -2.23. The molecular formula is C13H17F2N. The Bertz CT molecular complexity index is 370. The van der Waals surface area contributed by atoms with E-state index in [2.05, 4.69) is 19.2 Å². The molecule has 3 heteroatoms. The molecule has 16 heavy (non-hydrogen) atoms. The van der Waals surface area contributed by atoms with Crippen LogP contribution in [0.2, 0.25) is 0 Å². The molecule has 0 radical (unpaired) electrons. The summed E-state index contributed by atoms with van der Waals surface area (Å²) in [6.07, 6.45) is 2.47. The third-order valence-electron chi connectivity index (χ3n) is 3.10. The Labute approximate surface area is 94.9 Å². The lowest BCUT2D eigenvalue weighted by atomic mass is 9.99. The van der Waals surface area contributed by atoms with E-state index in [1.54, 1.807) is 6.07 Å². The van der Waals surface area contributed by atoms with Crippen LogP contribution in [0.5, 0.6) is 0 Å². The summed E-state index contributed by atoms with van der Waals surface area (Å²) in [5.41, 5.74) is 0.671. The van der Waals surface area contributed by atoms with Crippen LogP contribution in [-0.4, -0.2) is 6.04 Å². The van der Waals surface area contributed by atoms with E-state index in [-0.39, 0.29) is 0 Å². The van der Waals surface area contributed by atoms with Crippen molar-refractivity contribution in [1.29, 1.82) is 0 Å². The average Bonchev–Trinajstić information content (AvgIpc) is 3.03. The van der Waals surface area contributed by atoms with E-state index in [4.69, 9.17) is 0 Å². The van der Waals surface area contributed by atoms with E-state index in [9.17, 15) is 8.78 Å². The smallest absolute Gasteiger partial charge is 0.160 e. The molecule has 1 atom stereocenters. The zero-order valence-electron chi connectivity index (χ0n) is 9.63. The largest absolute Gasteiger partial charge is 0.382 e. The highest BCUT2D eigenvalue weighted by Gasteiger charge is 2.33. The number of hydrogen-bond acceptors (Lipinski definition) is 1. The highest BCUT2D eigenvalue weighted by atomic mass is 19.2. The van der Waals surface area contributed by atoms with E-state index in [0.29, 0.717) is 23.6 Å². The maximum Gasteiger partial charge on any atom is 0.160 e.